The molecule has 1 aliphatic rings. The second kappa shape index (κ2) is 11.3. The van der Waals surface area contributed by atoms with Crippen LogP contribution >= 0.6 is 0 Å². The number of esters is 1. The molecule has 1 amide bonds. The molecule has 0 bridgehead atoms. The van der Waals surface area contributed by atoms with Gasteiger partial charge in [-0.25, -0.2) is 0 Å². The lowest BCUT2D eigenvalue weighted by molar-refractivity contribution is -0.149. The maximum absolute atomic E-state index is 11.9. The van der Waals surface area contributed by atoms with E-state index in [1.807, 2.05) is 38.1 Å². The van der Waals surface area contributed by atoms with E-state index >= 15 is 0 Å². The van der Waals surface area contributed by atoms with Crippen LogP contribution in [0, 0.1) is 5.92 Å². The molecule has 7 heteroatoms. The van der Waals surface area contributed by atoms with E-state index in [2.05, 4.69) is 20.5 Å². The Morgan fingerprint density at radius 2 is 2.00 bits per heavy atom. The SMILES string of the molecule is CCCC(=O)Nc1cccc(CNC(=NC)N2CCC(C(=O)OCC)CC2)c1. The lowest BCUT2D eigenvalue weighted by Gasteiger charge is -2.33. The molecular formula is C21H32N4O3. The van der Waals surface area contributed by atoms with Crippen LogP contribution in [0.3, 0.4) is 0 Å². The molecule has 1 saturated heterocycles. The van der Waals surface area contributed by atoms with Gasteiger partial charge in [0.2, 0.25) is 5.91 Å². The molecule has 2 N–H and O–H groups in total. The van der Waals surface area contributed by atoms with Crippen LogP contribution in [-0.4, -0.2) is 49.5 Å². The molecule has 154 valence electrons. The van der Waals surface area contributed by atoms with Crippen molar-refractivity contribution in [2.24, 2.45) is 10.9 Å². The lowest BCUT2D eigenvalue weighted by atomic mass is 9.97. The van der Waals surface area contributed by atoms with E-state index in [4.69, 9.17) is 4.74 Å². The van der Waals surface area contributed by atoms with Gasteiger partial charge in [0.05, 0.1) is 12.5 Å². The molecule has 7 nitrogen and oxygen atoms in total. The van der Waals surface area contributed by atoms with Crippen molar-refractivity contribution in [3.63, 3.8) is 0 Å². The summed E-state index contributed by atoms with van der Waals surface area (Å²) < 4.78 is 5.13. The Morgan fingerprint density at radius 3 is 2.64 bits per heavy atom. The summed E-state index contributed by atoms with van der Waals surface area (Å²) >= 11 is 0. The van der Waals surface area contributed by atoms with Crippen molar-refractivity contribution >= 4 is 23.5 Å². The van der Waals surface area contributed by atoms with E-state index in [0.29, 0.717) is 19.6 Å². The Hall–Kier alpha value is -2.57. The van der Waals surface area contributed by atoms with Gasteiger partial charge in [0.1, 0.15) is 0 Å². The minimum Gasteiger partial charge on any atom is -0.466 e. The summed E-state index contributed by atoms with van der Waals surface area (Å²) in [4.78, 5) is 30.2. The lowest BCUT2D eigenvalue weighted by Crippen LogP contribution is -2.46. The normalized spacial score (nSPS) is 15.2. The number of guanidine groups is 1. The molecule has 1 aromatic rings. The van der Waals surface area contributed by atoms with Crippen LogP contribution < -0.4 is 10.6 Å². The van der Waals surface area contributed by atoms with Gasteiger partial charge in [-0.05, 0) is 43.9 Å². The zero-order valence-corrected chi connectivity index (χ0v) is 17.2. The molecule has 0 spiro atoms. The van der Waals surface area contributed by atoms with Gasteiger partial charge in [0.25, 0.3) is 0 Å². The van der Waals surface area contributed by atoms with Gasteiger partial charge in [0, 0.05) is 38.8 Å². The van der Waals surface area contributed by atoms with E-state index < -0.39 is 0 Å². The number of ether oxygens (including phenoxy) is 1. The molecule has 0 aromatic heterocycles. The Kier molecular flexibility index (Phi) is 8.78. The van der Waals surface area contributed by atoms with Crippen molar-refractivity contribution in [2.75, 3.05) is 32.1 Å². The average molecular weight is 389 g/mol. The van der Waals surface area contributed by atoms with Gasteiger partial charge in [-0.3, -0.25) is 14.6 Å². The molecule has 0 unspecified atom stereocenters. The number of anilines is 1. The molecule has 0 radical (unpaired) electrons. The van der Waals surface area contributed by atoms with E-state index in [9.17, 15) is 9.59 Å². The van der Waals surface area contributed by atoms with Crippen LogP contribution in [0.15, 0.2) is 29.3 Å². The second-order valence-electron chi connectivity index (χ2n) is 6.91. The first kappa shape index (κ1) is 21.7. The standard InChI is InChI=1S/C21H32N4O3/c1-4-7-19(26)24-18-9-6-8-16(14-18)15-23-21(22-3)25-12-10-17(11-13-25)20(27)28-5-2/h6,8-9,14,17H,4-5,7,10-13,15H2,1-3H3,(H,22,23)(H,24,26). The predicted octanol–water partition coefficient (Wildman–Crippen LogP) is 2.78. The molecule has 1 aromatic carbocycles. The van der Waals surface area contributed by atoms with Gasteiger partial charge >= 0.3 is 5.97 Å². The first-order valence-electron chi connectivity index (χ1n) is 10.1. The van der Waals surface area contributed by atoms with Crippen molar-refractivity contribution in [1.29, 1.82) is 0 Å². The average Bonchev–Trinajstić information content (AvgIpc) is 2.69. The number of hydrogen-bond donors (Lipinski definition) is 2. The second-order valence-corrected chi connectivity index (χ2v) is 6.91. The number of benzene rings is 1. The van der Waals surface area contributed by atoms with Gasteiger partial charge in [0.15, 0.2) is 5.96 Å². The third kappa shape index (κ3) is 6.55. The fraction of sp³-hybridized carbons (Fsp3) is 0.571. The first-order valence-corrected chi connectivity index (χ1v) is 10.1. The minimum atomic E-state index is -0.0907. The van der Waals surface area contributed by atoms with Crippen LogP contribution in [0.5, 0.6) is 0 Å². The summed E-state index contributed by atoms with van der Waals surface area (Å²) in [6, 6.07) is 7.82. The van der Waals surface area contributed by atoms with Crippen molar-refractivity contribution in [1.82, 2.24) is 10.2 Å². The number of carbonyl (C=O) groups excluding carboxylic acids is 2. The molecule has 1 fully saturated rings. The highest BCUT2D eigenvalue weighted by Crippen LogP contribution is 2.19. The Balaban J connectivity index is 1.86. The highest BCUT2D eigenvalue weighted by molar-refractivity contribution is 5.90. The van der Waals surface area contributed by atoms with Crippen LogP contribution in [0.25, 0.3) is 0 Å². The van der Waals surface area contributed by atoms with E-state index in [0.717, 1.165) is 49.6 Å². The van der Waals surface area contributed by atoms with Crippen LogP contribution in [0.4, 0.5) is 5.69 Å². The number of nitrogens with one attached hydrogen (secondary N) is 2. The van der Waals surface area contributed by atoms with Crippen LogP contribution in [0.1, 0.15) is 45.1 Å². The molecule has 2 rings (SSSR count). The number of carbonyl (C=O) groups is 2. The van der Waals surface area contributed by atoms with Gasteiger partial charge in [-0.15, -0.1) is 0 Å². The monoisotopic (exact) mass is 388 g/mol. The smallest absolute Gasteiger partial charge is 0.309 e. The molecule has 1 heterocycles. The fourth-order valence-corrected chi connectivity index (χ4v) is 3.31. The summed E-state index contributed by atoms with van der Waals surface area (Å²) in [7, 11) is 1.77. The highest BCUT2D eigenvalue weighted by atomic mass is 16.5. The molecule has 0 saturated carbocycles. The number of aliphatic imine (C=N–C) groups is 1. The summed E-state index contributed by atoms with van der Waals surface area (Å²) in [6.45, 7) is 6.42. The van der Waals surface area contributed by atoms with Gasteiger partial charge < -0.3 is 20.3 Å². The minimum absolute atomic E-state index is 0.0160. The number of amides is 1. The first-order chi connectivity index (χ1) is 13.6. The van der Waals surface area contributed by atoms with Gasteiger partial charge in [-0.2, -0.15) is 0 Å². The molecule has 0 atom stereocenters. The zero-order chi connectivity index (χ0) is 20.4. The van der Waals surface area contributed by atoms with Crippen LogP contribution in [0.2, 0.25) is 0 Å². The maximum Gasteiger partial charge on any atom is 0.309 e. The number of rotatable bonds is 7. The Bertz CT molecular complexity index is 682. The number of hydrogen-bond acceptors (Lipinski definition) is 4. The molecular weight excluding hydrogens is 356 g/mol. The van der Waals surface area contributed by atoms with Gasteiger partial charge in [-0.1, -0.05) is 19.1 Å². The summed E-state index contributed by atoms with van der Waals surface area (Å²) in [5.41, 5.74) is 1.87. The largest absolute Gasteiger partial charge is 0.466 e. The van der Waals surface area contributed by atoms with Crippen molar-refractivity contribution in [3.05, 3.63) is 29.8 Å². The van der Waals surface area contributed by atoms with E-state index in [1.54, 1.807) is 7.05 Å². The third-order valence-corrected chi connectivity index (χ3v) is 4.76. The predicted molar refractivity (Wildman–Crippen MR) is 111 cm³/mol. The maximum atomic E-state index is 11.9. The quantitative estimate of drug-likeness (QED) is 0.426. The zero-order valence-electron chi connectivity index (χ0n) is 17.2. The fourth-order valence-electron chi connectivity index (χ4n) is 3.31. The molecule has 28 heavy (non-hydrogen) atoms. The number of piperidine rings is 1. The number of likely N-dealkylation sites (tertiary alicyclic amines) is 1. The third-order valence-electron chi connectivity index (χ3n) is 4.76. The summed E-state index contributed by atoms with van der Waals surface area (Å²) in [5.74, 6) is 0.750. The number of nitrogens with zero attached hydrogens (tertiary/aromatic N) is 2. The summed E-state index contributed by atoms with van der Waals surface area (Å²) in [6.07, 6.45) is 2.91. The Morgan fingerprint density at radius 1 is 1.25 bits per heavy atom. The highest BCUT2D eigenvalue weighted by Gasteiger charge is 2.27. The molecule has 0 aliphatic carbocycles. The summed E-state index contributed by atoms with van der Waals surface area (Å²) in [5, 5.41) is 6.30. The van der Waals surface area contributed by atoms with Crippen LogP contribution in [-0.2, 0) is 20.9 Å². The Labute approximate surface area is 167 Å². The van der Waals surface area contributed by atoms with Crippen molar-refractivity contribution < 1.29 is 14.3 Å². The van der Waals surface area contributed by atoms with E-state index in [1.165, 1.54) is 0 Å². The van der Waals surface area contributed by atoms with E-state index in [-0.39, 0.29) is 17.8 Å². The van der Waals surface area contributed by atoms with Crippen molar-refractivity contribution in [2.45, 2.75) is 46.1 Å². The molecule has 1 aliphatic heterocycles. The van der Waals surface area contributed by atoms with Crippen molar-refractivity contribution in [3.8, 4) is 0 Å². The topological polar surface area (TPSA) is 83.0 Å².